The molecule has 3 nitrogen and oxygen atoms in total. The summed E-state index contributed by atoms with van der Waals surface area (Å²) in [4.78, 5) is 8.13. The van der Waals surface area contributed by atoms with E-state index in [4.69, 9.17) is 5.73 Å². The molecular weight excluding hydrogens is 218 g/mol. The van der Waals surface area contributed by atoms with Crippen LogP contribution in [0.3, 0.4) is 0 Å². The topological polar surface area (TPSA) is 42.1 Å². The monoisotopic (exact) mass is 239 g/mol. The summed E-state index contributed by atoms with van der Waals surface area (Å²) in [5, 5.41) is 1.14. The van der Waals surface area contributed by atoms with Crippen LogP contribution in [0.5, 0.6) is 0 Å². The summed E-state index contributed by atoms with van der Waals surface area (Å²) >= 11 is 1.74. The first kappa shape index (κ1) is 11.9. The molecule has 3 unspecified atom stereocenters. The summed E-state index contributed by atoms with van der Waals surface area (Å²) in [6.45, 7) is 7.78. The molecule has 1 fully saturated rings. The summed E-state index contributed by atoms with van der Waals surface area (Å²) in [7, 11) is 0. The fourth-order valence-electron chi connectivity index (χ4n) is 2.23. The van der Waals surface area contributed by atoms with Gasteiger partial charge >= 0.3 is 0 Å². The van der Waals surface area contributed by atoms with Crippen molar-refractivity contribution in [1.82, 2.24) is 4.98 Å². The minimum atomic E-state index is 0.101. The molecule has 2 N–H and O–H groups in total. The maximum Gasteiger partial charge on any atom is 0.185 e. The average Bonchev–Trinajstić information content (AvgIpc) is 2.71. The highest BCUT2D eigenvalue weighted by Crippen LogP contribution is 2.32. The molecule has 16 heavy (non-hydrogen) atoms. The van der Waals surface area contributed by atoms with E-state index in [9.17, 15) is 0 Å². The Kier molecular flexibility index (Phi) is 3.50. The van der Waals surface area contributed by atoms with Gasteiger partial charge in [-0.2, -0.15) is 0 Å². The van der Waals surface area contributed by atoms with Crippen LogP contribution in [0.4, 0.5) is 5.13 Å². The first-order chi connectivity index (χ1) is 7.59. The molecule has 1 aromatic rings. The number of thiazole rings is 1. The molecule has 0 spiro atoms. The molecule has 0 bridgehead atoms. The highest BCUT2D eigenvalue weighted by atomic mass is 32.1. The maximum absolute atomic E-state index is 5.87. The van der Waals surface area contributed by atoms with Crippen LogP contribution in [0.2, 0.25) is 0 Å². The minimum Gasteiger partial charge on any atom is -0.345 e. The molecule has 4 heteroatoms. The Morgan fingerprint density at radius 3 is 2.94 bits per heavy atom. The molecule has 1 aliphatic heterocycles. The van der Waals surface area contributed by atoms with Gasteiger partial charge in [0.15, 0.2) is 5.13 Å². The molecular formula is C12H21N3S. The summed E-state index contributed by atoms with van der Waals surface area (Å²) in [5.74, 6) is 0.761. The summed E-state index contributed by atoms with van der Waals surface area (Å²) in [5.41, 5.74) is 5.87. The Bertz CT molecular complexity index is 348. The van der Waals surface area contributed by atoms with Crippen LogP contribution in [-0.4, -0.2) is 17.6 Å². The van der Waals surface area contributed by atoms with E-state index in [0.29, 0.717) is 6.04 Å². The number of anilines is 1. The van der Waals surface area contributed by atoms with Gasteiger partial charge in [-0.15, -0.1) is 11.3 Å². The van der Waals surface area contributed by atoms with E-state index in [1.54, 1.807) is 11.3 Å². The second-order valence-corrected chi connectivity index (χ2v) is 5.93. The van der Waals surface area contributed by atoms with Gasteiger partial charge in [0, 0.05) is 29.7 Å². The van der Waals surface area contributed by atoms with Crippen LogP contribution in [0, 0.1) is 5.92 Å². The van der Waals surface area contributed by atoms with Gasteiger partial charge < -0.3 is 10.6 Å². The van der Waals surface area contributed by atoms with E-state index in [-0.39, 0.29) is 6.04 Å². The molecule has 0 amide bonds. The van der Waals surface area contributed by atoms with Crippen molar-refractivity contribution in [3.63, 3.8) is 0 Å². The van der Waals surface area contributed by atoms with E-state index in [0.717, 1.165) is 17.6 Å². The number of nitrogens with zero attached hydrogens (tertiary/aromatic N) is 2. The van der Waals surface area contributed by atoms with Crippen LogP contribution in [0.1, 0.15) is 44.5 Å². The van der Waals surface area contributed by atoms with Gasteiger partial charge in [0.1, 0.15) is 0 Å². The van der Waals surface area contributed by atoms with Crippen molar-refractivity contribution in [2.24, 2.45) is 11.7 Å². The van der Waals surface area contributed by atoms with E-state index in [2.05, 4.69) is 23.7 Å². The first-order valence-corrected chi connectivity index (χ1v) is 6.89. The highest BCUT2D eigenvalue weighted by Gasteiger charge is 2.26. The zero-order valence-corrected chi connectivity index (χ0v) is 11.1. The van der Waals surface area contributed by atoms with Gasteiger partial charge in [-0.1, -0.05) is 6.92 Å². The third-order valence-corrected chi connectivity index (χ3v) is 4.81. The maximum atomic E-state index is 5.87. The lowest BCUT2D eigenvalue weighted by Gasteiger charge is -2.37. The van der Waals surface area contributed by atoms with Gasteiger partial charge in [-0.05, 0) is 32.6 Å². The van der Waals surface area contributed by atoms with Crippen molar-refractivity contribution in [1.29, 1.82) is 0 Å². The number of nitrogens with two attached hydrogens (primary N) is 1. The first-order valence-electron chi connectivity index (χ1n) is 6.07. The van der Waals surface area contributed by atoms with E-state index < -0.39 is 0 Å². The Balaban J connectivity index is 2.16. The number of piperidine rings is 1. The molecule has 0 aliphatic carbocycles. The smallest absolute Gasteiger partial charge is 0.185 e. The number of hydrogen-bond donors (Lipinski definition) is 1. The van der Waals surface area contributed by atoms with Crippen molar-refractivity contribution >= 4 is 16.5 Å². The number of rotatable bonds is 2. The Morgan fingerprint density at radius 2 is 2.31 bits per heavy atom. The second kappa shape index (κ2) is 4.72. The van der Waals surface area contributed by atoms with Gasteiger partial charge in [-0.25, -0.2) is 4.98 Å². The molecule has 1 aliphatic rings. The van der Waals surface area contributed by atoms with Crippen LogP contribution in [0.15, 0.2) is 6.20 Å². The van der Waals surface area contributed by atoms with Crippen LogP contribution < -0.4 is 10.6 Å². The molecule has 1 aromatic heterocycles. The van der Waals surface area contributed by atoms with Crippen molar-refractivity contribution in [2.75, 3.05) is 11.4 Å². The fourth-order valence-corrected chi connectivity index (χ4v) is 3.21. The predicted octanol–water partition coefficient (Wildman–Crippen LogP) is 2.79. The third kappa shape index (κ3) is 2.23. The van der Waals surface area contributed by atoms with Crippen LogP contribution >= 0.6 is 11.3 Å². The molecule has 1 saturated heterocycles. The lowest BCUT2D eigenvalue weighted by Crippen LogP contribution is -2.42. The number of aromatic nitrogens is 1. The quantitative estimate of drug-likeness (QED) is 0.863. The van der Waals surface area contributed by atoms with Gasteiger partial charge in [0.2, 0.25) is 0 Å². The Morgan fingerprint density at radius 1 is 1.56 bits per heavy atom. The zero-order chi connectivity index (χ0) is 11.7. The van der Waals surface area contributed by atoms with Gasteiger partial charge in [-0.3, -0.25) is 0 Å². The predicted molar refractivity (Wildman–Crippen MR) is 69.9 cm³/mol. The van der Waals surface area contributed by atoms with Crippen molar-refractivity contribution in [3.8, 4) is 0 Å². The SMILES string of the molecule is CC(N)c1cnc(N2CCCC(C)C2C)s1. The van der Waals surface area contributed by atoms with Crippen molar-refractivity contribution < 1.29 is 0 Å². The molecule has 2 rings (SSSR count). The van der Waals surface area contributed by atoms with Crippen LogP contribution in [0.25, 0.3) is 0 Å². The highest BCUT2D eigenvalue weighted by molar-refractivity contribution is 7.15. The summed E-state index contributed by atoms with van der Waals surface area (Å²) in [6.07, 6.45) is 4.54. The standard InChI is InChI=1S/C12H21N3S/c1-8-5-4-6-15(10(8)3)12-14-7-11(16-12)9(2)13/h7-10H,4-6,13H2,1-3H3. The third-order valence-electron chi connectivity index (χ3n) is 3.58. The van der Waals surface area contributed by atoms with Gasteiger partial charge in [0.05, 0.1) is 0 Å². The van der Waals surface area contributed by atoms with Crippen molar-refractivity contribution in [3.05, 3.63) is 11.1 Å². The van der Waals surface area contributed by atoms with Crippen LogP contribution in [-0.2, 0) is 0 Å². The Hall–Kier alpha value is -0.610. The van der Waals surface area contributed by atoms with E-state index in [1.165, 1.54) is 17.7 Å². The summed E-state index contributed by atoms with van der Waals surface area (Å²) < 4.78 is 0. The largest absolute Gasteiger partial charge is 0.345 e. The second-order valence-electron chi connectivity index (χ2n) is 4.89. The fraction of sp³-hybridized carbons (Fsp3) is 0.750. The summed E-state index contributed by atoms with van der Waals surface area (Å²) in [6, 6.07) is 0.699. The molecule has 0 aromatic carbocycles. The minimum absolute atomic E-state index is 0.101. The molecule has 0 saturated carbocycles. The average molecular weight is 239 g/mol. The van der Waals surface area contributed by atoms with E-state index >= 15 is 0 Å². The Labute approximate surface area is 102 Å². The van der Waals surface area contributed by atoms with Gasteiger partial charge in [0.25, 0.3) is 0 Å². The van der Waals surface area contributed by atoms with Crippen molar-refractivity contribution in [2.45, 2.75) is 45.7 Å². The molecule has 0 radical (unpaired) electrons. The molecule has 3 atom stereocenters. The molecule has 2 heterocycles. The van der Waals surface area contributed by atoms with E-state index in [1.807, 2.05) is 13.1 Å². The normalized spacial score (nSPS) is 28.1. The lowest BCUT2D eigenvalue weighted by molar-refractivity contribution is 0.363. The lowest BCUT2D eigenvalue weighted by atomic mass is 9.93. The molecule has 90 valence electrons. The number of hydrogen-bond acceptors (Lipinski definition) is 4. The zero-order valence-electron chi connectivity index (χ0n) is 10.3.